The Morgan fingerprint density at radius 2 is 2.29 bits per heavy atom. The summed E-state index contributed by atoms with van der Waals surface area (Å²) in [5, 5.41) is 7.99. The predicted octanol–water partition coefficient (Wildman–Crippen LogP) is 2.36. The molecule has 90 valence electrons. The van der Waals surface area contributed by atoms with Crippen LogP contribution in [-0.2, 0) is 13.5 Å². The van der Waals surface area contributed by atoms with Gasteiger partial charge in [-0.2, -0.15) is 5.10 Å². The van der Waals surface area contributed by atoms with Crippen molar-refractivity contribution in [3.8, 4) is 0 Å². The van der Waals surface area contributed by atoms with Gasteiger partial charge in [-0.1, -0.05) is 18.5 Å². The lowest BCUT2D eigenvalue weighted by Crippen LogP contribution is -1.97. The lowest BCUT2D eigenvalue weighted by molar-refractivity contribution is 0.746. The zero-order chi connectivity index (χ0) is 12.4. The average Bonchev–Trinajstić information content (AvgIpc) is 2.63. The van der Waals surface area contributed by atoms with Gasteiger partial charge in [-0.15, -0.1) is 0 Å². The van der Waals surface area contributed by atoms with Crippen LogP contribution >= 0.6 is 11.6 Å². The molecule has 3 N–H and O–H groups in total. The minimum atomic E-state index is 0.496. The number of nitrogens with one attached hydrogen (secondary N) is 1. The quantitative estimate of drug-likeness (QED) is 0.879. The number of halogens is 1. The number of hydrogen-bond donors (Lipinski definition) is 2. The van der Waals surface area contributed by atoms with Gasteiger partial charge >= 0.3 is 0 Å². The maximum absolute atomic E-state index is 6.05. The van der Waals surface area contributed by atoms with Gasteiger partial charge in [-0.25, -0.2) is 4.98 Å². The summed E-state index contributed by atoms with van der Waals surface area (Å²) in [5.41, 5.74) is 8.02. The Morgan fingerprint density at radius 3 is 2.94 bits per heavy atom. The van der Waals surface area contributed by atoms with E-state index in [0.717, 1.165) is 17.8 Å². The highest BCUT2D eigenvalue weighted by Crippen LogP contribution is 2.26. The monoisotopic (exact) mass is 251 g/mol. The molecule has 0 aliphatic rings. The molecule has 2 heterocycles. The lowest BCUT2D eigenvalue weighted by atomic mass is 10.3. The number of aryl methyl sites for hydroxylation is 2. The number of nitrogens with zero attached hydrogens (tertiary/aromatic N) is 3. The number of hydrogen-bond acceptors (Lipinski definition) is 4. The van der Waals surface area contributed by atoms with Gasteiger partial charge in [0.1, 0.15) is 5.82 Å². The Labute approximate surface area is 105 Å². The Hall–Kier alpha value is -1.75. The van der Waals surface area contributed by atoms with E-state index in [2.05, 4.69) is 15.4 Å². The molecule has 6 heteroatoms. The summed E-state index contributed by atoms with van der Waals surface area (Å²) in [6, 6.07) is 1.67. The fourth-order valence-electron chi connectivity index (χ4n) is 1.57. The summed E-state index contributed by atoms with van der Waals surface area (Å²) in [5.74, 6) is 0.587. The third-order valence-corrected chi connectivity index (χ3v) is 2.64. The minimum Gasteiger partial charge on any atom is -0.397 e. The zero-order valence-electron chi connectivity index (χ0n) is 9.74. The standard InChI is InChI=1S/C11H14ClN5/c1-3-9-10(6-17(2)16-9)15-11-8(12)4-7(13)5-14-11/h4-6H,3,13H2,1-2H3,(H,14,15). The molecular weight excluding hydrogens is 238 g/mol. The number of nitrogens with two attached hydrogens (primary N) is 1. The average molecular weight is 252 g/mol. The second-order valence-electron chi connectivity index (χ2n) is 3.74. The number of aromatic nitrogens is 3. The van der Waals surface area contributed by atoms with Crippen LogP contribution in [0.1, 0.15) is 12.6 Å². The third kappa shape index (κ3) is 2.50. The largest absolute Gasteiger partial charge is 0.397 e. The topological polar surface area (TPSA) is 68.8 Å². The maximum Gasteiger partial charge on any atom is 0.149 e. The molecule has 0 spiro atoms. The number of rotatable bonds is 3. The van der Waals surface area contributed by atoms with Crippen LogP contribution in [0, 0.1) is 0 Å². The fourth-order valence-corrected chi connectivity index (χ4v) is 1.79. The van der Waals surface area contributed by atoms with Gasteiger partial charge in [0.2, 0.25) is 0 Å². The van der Waals surface area contributed by atoms with Gasteiger partial charge in [0.15, 0.2) is 0 Å². The molecule has 5 nitrogen and oxygen atoms in total. The minimum absolute atomic E-state index is 0.496. The molecule has 2 rings (SSSR count). The van der Waals surface area contributed by atoms with Crippen molar-refractivity contribution in [2.24, 2.45) is 7.05 Å². The van der Waals surface area contributed by atoms with Crippen molar-refractivity contribution in [3.05, 3.63) is 29.2 Å². The van der Waals surface area contributed by atoms with Crippen molar-refractivity contribution >= 4 is 28.8 Å². The van der Waals surface area contributed by atoms with E-state index in [1.807, 2.05) is 20.2 Å². The van der Waals surface area contributed by atoms with E-state index in [-0.39, 0.29) is 0 Å². The lowest BCUT2D eigenvalue weighted by Gasteiger charge is -2.06. The second-order valence-corrected chi connectivity index (χ2v) is 4.15. The number of anilines is 3. The fraction of sp³-hybridized carbons (Fsp3) is 0.273. The highest BCUT2D eigenvalue weighted by molar-refractivity contribution is 6.33. The Morgan fingerprint density at radius 1 is 1.53 bits per heavy atom. The maximum atomic E-state index is 6.05. The highest BCUT2D eigenvalue weighted by Gasteiger charge is 2.09. The van der Waals surface area contributed by atoms with Gasteiger partial charge in [0.25, 0.3) is 0 Å². The Balaban J connectivity index is 2.30. The molecule has 0 atom stereocenters. The molecule has 0 aliphatic carbocycles. The summed E-state index contributed by atoms with van der Waals surface area (Å²) in [4.78, 5) is 4.15. The molecule has 0 fully saturated rings. The van der Waals surface area contributed by atoms with E-state index in [9.17, 15) is 0 Å². The van der Waals surface area contributed by atoms with Crippen LogP contribution in [0.2, 0.25) is 5.02 Å². The predicted molar refractivity (Wildman–Crippen MR) is 69.5 cm³/mol. The van der Waals surface area contributed by atoms with E-state index in [1.165, 1.54) is 0 Å². The van der Waals surface area contributed by atoms with Crippen LogP contribution in [0.5, 0.6) is 0 Å². The summed E-state index contributed by atoms with van der Waals surface area (Å²) >= 11 is 6.05. The summed E-state index contributed by atoms with van der Waals surface area (Å²) < 4.78 is 1.76. The Bertz CT molecular complexity index is 535. The molecule has 0 bridgehead atoms. The van der Waals surface area contributed by atoms with Gasteiger partial charge < -0.3 is 11.1 Å². The van der Waals surface area contributed by atoms with Crippen molar-refractivity contribution in [2.45, 2.75) is 13.3 Å². The molecule has 17 heavy (non-hydrogen) atoms. The van der Waals surface area contributed by atoms with E-state index < -0.39 is 0 Å². The molecule has 0 radical (unpaired) electrons. The normalized spacial score (nSPS) is 10.5. The first-order valence-electron chi connectivity index (χ1n) is 5.30. The van der Waals surface area contributed by atoms with Crippen LogP contribution < -0.4 is 11.1 Å². The second kappa shape index (κ2) is 4.63. The van der Waals surface area contributed by atoms with Crippen molar-refractivity contribution in [2.75, 3.05) is 11.1 Å². The van der Waals surface area contributed by atoms with Crippen molar-refractivity contribution in [1.29, 1.82) is 0 Å². The van der Waals surface area contributed by atoms with E-state index in [1.54, 1.807) is 16.9 Å². The summed E-state index contributed by atoms with van der Waals surface area (Å²) in [6.45, 7) is 2.05. The van der Waals surface area contributed by atoms with Crippen LogP contribution in [0.3, 0.4) is 0 Å². The van der Waals surface area contributed by atoms with Gasteiger partial charge in [-0.3, -0.25) is 4.68 Å². The first-order chi connectivity index (χ1) is 8.10. The van der Waals surface area contributed by atoms with Crippen LogP contribution in [0.4, 0.5) is 17.2 Å². The first-order valence-corrected chi connectivity index (χ1v) is 5.68. The SMILES string of the molecule is CCc1nn(C)cc1Nc1ncc(N)cc1Cl. The van der Waals surface area contributed by atoms with E-state index >= 15 is 0 Å². The number of pyridine rings is 1. The van der Waals surface area contributed by atoms with Gasteiger partial charge in [-0.05, 0) is 12.5 Å². The van der Waals surface area contributed by atoms with Crippen LogP contribution in [0.25, 0.3) is 0 Å². The summed E-state index contributed by atoms with van der Waals surface area (Å²) in [7, 11) is 1.88. The molecule has 0 unspecified atom stereocenters. The van der Waals surface area contributed by atoms with E-state index in [0.29, 0.717) is 16.5 Å². The van der Waals surface area contributed by atoms with Crippen LogP contribution in [0.15, 0.2) is 18.5 Å². The summed E-state index contributed by atoms with van der Waals surface area (Å²) in [6.07, 6.45) is 4.30. The molecular formula is C11H14ClN5. The smallest absolute Gasteiger partial charge is 0.149 e. The molecule has 0 saturated carbocycles. The molecule has 0 saturated heterocycles. The van der Waals surface area contributed by atoms with Crippen LogP contribution in [-0.4, -0.2) is 14.8 Å². The van der Waals surface area contributed by atoms with Crippen molar-refractivity contribution < 1.29 is 0 Å². The molecule has 0 aliphatic heterocycles. The highest BCUT2D eigenvalue weighted by atomic mass is 35.5. The van der Waals surface area contributed by atoms with Gasteiger partial charge in [0.05, 0.1) is 28.3 Å². The van der Waals surface area contributed by atoms with E-state index in [4.69, 9.17) is 17.3 Å². The third-order valence-electron chi connectivity index (χ3n) is 2.36. The number of nitrogen functional groups attached to an aromatic ring is 1. The first kappa shape index (κ1) is 11.7. The zero-order valence-corrected chi connectivity index (χ0v) is 10.5. The molecule has 2 aromatic heterocycles. The van der Waals surface area contributed by atoms with Crippen molar-refractivity contribution in [3.63, 3.8) is 0 Å². The molecule has 2 aromatic rings. The van der Waals surface area contributed by atoms with Crippen molar-refractivity contribution in [1.82, 2.24) is 14.8 Å². The molecule has 0 aromatic carbocycles. The Kier molecular flexibility index (Phi) is 3.19. The molecule has 0 amide bonds. The van der Waals surface area contributed by atoms with Gasteiger partial charge in [0, 0.05) is 13.2 Å².